The number of aromatic nitrogens is 2. The van der Waals surface area contributed by atoms with Gasteiger partial charge in [-0.3, -0.25) is 9.98 Å². The van der Waals surface area contributed by atoms with Crippen molar-refractivity contribution in [2.75, 3.05) is 11.4 Å². The van der Waals surface area contributed by atoms with Crippen LogP contribution in [0.2, 0.25) is 0 Å². The number of nitrogens with zero attached hydrogens (tertiary/aromatic N) is 4. The molecule has 0 saturated carbocycles. The molecule has 2 aromatic heterocycles. The minimum atomic E-state index is -0.342. The standard InChI is InChI=1S/C18H19FN4O/c1-3-4-6-15(20-2)18-22-16-12-23(8-5-7-17(16)24-18)14-9-13(19)10-21-11-14/h3-4,6,9-11H,2,5,7-8,12H2,1H3. The molecule has 0 bridgehead atoms. The van der Waals surface area contributed by atoms with Crippen molar-refractivity contribution in [3.05, 3.63) is 59.9 Å². The van der Waals surface area contributed by atoms with Crippen LogP contribution in [0.15, 0.2) is 46.1 Å². The molecule has 0 fully saturated rings. The van der Waals surface area contributed by atoms with Gasteiger partial charge in [0, 0.05) is 19.0 Å². The van der Waals surface area contributed by atoms with Gasteiger partial charge in [0.05, 0.1) is 24.6 Å². The first-order valence-electron chi connectivity index (χ1n) is 7.85. The smallest absolute Gasteiger partial charge is 0.245 e. The molecule has 0 spiro atoms. The molecule has 0 saturated heterocycles. The third-order valence-electron chi connectivity index (χ3n) is 3.84. The molecule has 0 atom stereocenters. The van der Waals surface area contributed by atoms with E-state index < -0.39 is 0 Å². The zero-order chi connectivity index (χ0) is 16.9. The monoisotopic (exact) mass is 326 g/mol. The van der Waals surface area contributed by atoms with Crippen LogP contribution in [0.25, 0.3) is 5.70 Å². The van der Waals surface area contributed by atoms with E-state index in [1.54, 1.807) is 6.20 Å². The highest BCUT2D eigenvalue weighted by molar-refractivity contribution is 5.64. The molecule has 24 heavy (non-hydrogen) atoms. The van der Waals surface area contributed by atoms with Crippen molar-refractivity contribution in [3.63, 3.8) is 0 Å². The van der Waals surface area contributed by atoms with E-state index in [9.17, 15) is 4.39 Å². The summed E-state index contributed by atoms with van der Waals surface area (Å²) < 4.78 is 19.3. The van der Waals surface area contributed by atoms with Gasteiger partial charge in [-0.25, -0.2) is 9.37 Å². The van der Waals surface area contributed by atoms with Crippen LogP contribution in [0, 0.1) is 5.82 Å². The molecular weight excluding hydrogens is 307 g/mol. The van der Waals surface area contributed by atoms with Crippen LogP contribution in [0.1, 0.15) is 30.7 Å². The van der Waals surface area contributed by atoms with E-state index in [0.717, 1.165) is 36.5 Å². The molecule has 1 aliphatic rings. The highest BCUT2D eigenvalue weighted by atomic mass is 19.1. The number of fused-ring (bicyclic) bond motifs is 1. The molecule has 3 heterocycles. The molecule has 1 aliphatic heterocycles. The van der Waals surface area contributed by atoms with Gasteiger partial charge in [0.1, 0.15) is 23.0 Å². The molecule has 0 unspecified atom stereocenters. The van der Waals surface area contributed by atoms with Crippen molar-refractivity contribution >= 4 is 18.1 Å². The molecule has 6 heteroatoms. The van der Waals surface area contributed by atoms with Gasteiger partial charge in [-0.05, 0) is 26.1 Å². The zero-order valence-electron chi connectivity index (χ0n) is 13.6. The predicted octanol–water partition coefficient (Wildman–Crippen LogP) is 3.78. The summed E-state index contributed by atoms with van der Waals surface area (Å²) in [6, 6.07) is 1.49. The lowest BCUT2D eigenvalue weighted by Crippen LogP contribution is -2.23. The SMILES string of the molecule is C=NC(=CC=CC)c1nc2c(o1)CCCN(c1cncc(F)c1)C2. The summed E-state index contributed by atoms with van der Waals surface area (Å²) in [6.45, 7) is 6.85. The Balaban J connectivity index is 1.89. The summed E-state index contributed by atoms with van der Waals surface area (Å²) >= 11 is 0. The Morgan fingerprint density at radius 2 is 2.33 bits per heavy atom. The molecule has 2 aromatic rings. The maximum atomic E-state index is 13.4. The number of rotatable bonds is 4. The Morgan fingerprint density at radius 1 is 1.46 bits per heavy atom. The molecular formula is C18H19FN4O. The van der Waals surface area contributed by atoms with E-state index in [0.29, 0.717) is 18.1 Å². The first-order chi connectivity index (χ1) is 11.7. The Hall–Kier alpha value is -2.76. The first kappa shape index (κ1) is 16.1. The van der Waals surface area contributed by atoms with Crippen LogP contribution >= 0.6 is 0 Å². The largest absolute Gasteiger partial charge is 0.440 e. The molecule has 5 nitrogen and oxygen atoms in total. The number of halogens is 1. The van der Waals surface area contributed by atoms with E-state index in [-0.39, 0.29) is 5.82 Å². The van der Waals surface area contributed by atoms with Crippen molar-refractivity contribution in [3.8, 4) is 0 Å². The number of aryl methyl sites for hydroxylation is 1. The van der Waals surface area contributed by atoms with Gasteiger partial charge in [-0.15, -0.1) is 0 Å². The van der Waals surface area contributed by atoms with Gasteiger partial charge in [0.25, 0.3) is 0 Å². The fraction of sp³-hybridized carbons (Fsp3) is 0.278. The molecule has 0 aromatic carbocycles. The van der Waals surface area contributed by atoms with Crippen LogP contribution in [0.3, 0.4) is 0 Å². The summed E-state index contributed by atoms with van der Waals surface area (Å²) in [5.74, 6) is 0.976. The van der Waals surface area contributed by atoms with Crippen LogP contribution < -0.4 is 4.90 Å². The van der Waals surface area contributed by atoms with Crippen molar-refractivity contribution in [2.45, 2.75) is 26.3 Å². The first-order valence-corrected chi connectivity index (χ1v) is 7.85. The van der Waals surface area contributed by atoms with Gasteiger partial charge in [0.2, 0.25) is 5.89 Å². The van der Waals surface area contributed by atoms with Gasteiger partial charge < -0.3 is 9.32 Å². The van der Waals surface area contributed by atoms with Crippen molar-refractivity contribution in [2.24, 2.45) is 4.99 Å². The van der Waals surface area contributed by atoms with Gasteiger partial charge in [0.15, 0.2) is 0 Å². The third kappa shape index (κ3) is 3.42. The maximum Gasteiger partial charge on any atom is 0.245 e. The Labute approximate surface area is 140 Å². The fourth-order valence-corrected chi connectivity index (χ4v) is 2.68. The number of hydrogen-bond acceptors (Lipinski definition) is 5. The number of oxazole rings is 1. The van der Waals surface area contributed by atoms with Crippen molar-refractivity contribution in [1.29, 1.82) is 0 Å². The summed E-state index contributed by atoms with van der Waals surface area (Å²) in [4.78, 5) is 14.5. The van der Waals surface area contributed by atoms with E-state index in [1.807, 2.05) is 25.2 Å². The second-order valence-electron chi connectivity index (χ2n) is 5.51. The lowest BCUT2D eigenvalue weighted by Gasteiger charge is -2.21. The van der Waals surface area contributed by atoms with E-state index >= 15 is 0 Å². The number of hydrogen-bond donors (Lipinski definition) is 0. The second-order valence-corrected chi connectivity index (χ2v) is 5.51. The molecule has 124 valence electrons. The zero-order valence-corrected chi connectivity index (χ0v) is 13.6. The Kier molecular flexibility index (Phi) is 4.84. The highest BCUT2D eigenvalue weighted by Crippen LogP contribution is 2.26. The molecule has 0 amide bonds. The molecule has 0 N–H and O–H groups in total. The van der Waals surface area contributed by atoms with Crippen molar-refractivity contribution < 1.29 is 8.81 Å². The molecule has 3 rings (SSSR count). The summed E-state index contributed by atoms with van der Waals surface area (Å²) in [5.41, 5.74) is 2.20. The number of aliphatic imine (C=N–C) groups is 1. The lowest BCUT2D eigenvalue weighted by atomic mass is 10.2. The number of anilines is 1. The predicted molar refractivity (Wildman–Crippen MR) is 92.4 cm³/mol. The second kappa shape index (κ2) is 7.21. The average Bonchev–Trinajstić information content (AvgIpc) is 2.87. The summed E-state index contributed by atoms with van der Waals surface area (Å²) in [5, 5.41) is 0. The number of allylic oxidation sites excluding steroid dienone is 3. The van der Waals surface area contributed by atoms with Crippen LogP contribution in [0.5, 0.6) is 0 Å². The summed E-state index contributed by atoms with van der Waals surface area (Å²) in [7, 11) is 0. The van der Waals surface area contributed by atoms with E-state index in [1.165, 1.54) is 12.3 Å². The Morgan fingerprint density at radius 3 is 3.08 bits per heavy atom. The van der Waals surface area contributed by atoms with E-state index in [2.05, 4.69) is 26.6 Å². The van der Waals surface area contributed by atoms with Crippen LogP contribution in [-0.2, 0) is 13.0 Å². The number of pyridine rings is 1. The van der Waals surface area contributed by atoms with Gasteiger partial charge in [-0.1, -0.05) is 12.2 Å². The van der Waals surface area contributed by atoms with Crippen molar-refractivity contribution in [1.82, 2.24) is 9.97 Å². The summed E-state index contributed by atoms with van der Waals surface area (Å²) in [6.07, 6.45) is 10.1. The van der Waals surface area contributed by atoms with Gasteiger partial charge in [-0.2, -0.15) is 0 Å². The minimum Gasteiger partial charge on any atom is -0.440 e. The maximum absolute atomic E-state index is 13.4. The highest BCUT2D eigenvalue weighted by Gasteiger charge is 2.22. The topological polar surface area (TPSA) is 54.5 Å². The van der Waals surface area contributed by atoms with Crippen LogP contribution in [-0.4, -0.2) is 23.2 Å². The lowest BCUT2D eigenvalue weighted by molar-refractivity contribution is 0.486. The molecule has 0 radical (unpaired) electrons. The third-order valence-corrected chi connectivity index (χ3v) is 3.84. The van der Waals surface area contributed by atoms with Crippen LogP contribution in [0.4, 0.5) is 10.1 Å². The Bertz CT molecular complexity index is 794. The normalized spacial score (nSPS) is 15.4. The van der Waals surface area contributed by atoms with Gasteiger partial charge >= 0.3 is 0 Å². The molecule has 0 aliphatic carbocycles. The van der Waals surface area contributed by atoms with E-state index in [4.69, 9.17) is 4.42 Å². The minimum absolute atomic E-state index is 0.342. The average molecular weight is 326 g/mol. The quantitative estimate of drug-likeness (QED) is 0.634. The fourth-order valence-electron chi connectivity index (χ4n) is 2.68.